The highest BCUT2D eigenvalue weighted by atomic mass is 16.2. The zero-order chi connectivity index (χ0) is 19.1. The molecule has 0 aliphatic carbocycles. The number of rotatable bonds is 3. The molecule has 1 N–H and O–H groups in total. The molecule has 0 bridgehead atoms. The first kappa shape index (κ1) is 16.9. The second-order valence-corrected chi connectivity index (χ2v) is 7.13. The summed E-state index contributed by atoms with van der Waals surface area (Å²) in [5.74, 6) is 0.575. The lowest BCUT2D eigenvalue weighted by Crippen LogP contribution is -2.48. The van der Waals surface area contributed by atoms with Crippen LogP contribution in [0.25, 0.3) is 16.7 Å². The van der Waals surface area contributed by atoms with E-state index in [0.717, 1.165) is 36.4 Å². The molecule has 1 amide bonds. The maximum absolute atomic E-state index is 13.0. The van der Waals surface area contributed by atoms with Gasteiger partial charge >= 0.3 is 0 Å². The number of carbonyl (C=O) groups excluding carboxylic acids is 1. The molecular formula is C20H21N7O. The average molecular weight is 375 g/mol. The van der Waals surface area contributed by atoms with Crippen molar-refractivity contribution < 1.29 is 4.79 Å². The number of carbonyl (C=O) groups is 1. The fraction of sp³-hybridized carbons (Fsp3) is 0.300. The van der Waals surface area contributed by atoms with E-state index in [9.17, 15) is 4.79 Å². The molecule has 4 aromatic rings. The molecule has 142 valence electrons. The van der Waals surface area contributed by atoms with Crippen molar-refractivity contribution in [2.75, 3.05) is 26.2 Å². The number of aryl methyl sites for hydroxylation is 1. The van der Waals surface area contributed by atoms with Crippen molar-refractivity contribution >= 4 is 22.6 Å². The Balaban J connectivity index is 1.27. The van der Waals surface area contributed by atoms with Crippen LogP contribution in [0.3, 0.4) is 0 Å². The van der Waals surface area contributed by atoms with Crippen LogP contribution in [0.1, 0.15) is 22.0 Å². The van der Waals surface area contributed by atoms with Crippen molar-refractivity contribution in [3.8, 4) is 0 Å². The van der Waals surface area contributed by atoms with E-state index in [2.05, 4.69) is 31.0 Å². The SMILES string of the molecule is Cc1nc(C(=O)N2CCN(Cc3cn4ccccc4n3)CC2)c2cc[nH]c2n1. The topological polar surface area (TPSA) is 82.4 Å². The number of aromatic nitrogens is 5. The van der Waals surface area contributed by atoms with E-state index in [4.69, 9.17) is 0 Å². The molecule has 0 saturated carbocycles. The van der Waals surface area contributed by atoms with Crippen LogP contribution in [0.4, 0.5) is 0 Å². The normalized spacial score (nSPS) is 15.5. The molecule has 8 nitrogen and oxygen atoms in total. The van der Waals surface area contributed by atoms with E-state index in [1.165, 1.54) is 0 Å². The number of nitrogens with zero attached hydrogens (tertiary/aromatic N) is 6. The third kappa shape index (κ3) is 3.01. The van der Waals surface area contributed by atoms with Crippen molar-refractivity contribution in [2.24, 2.45) is 0 Å². The molecule has 8 heteroatoms. The van der Waals surface area contributed by atoms with Gasteiger partial charge in [-0.1, -0.05) is 6.07 Å². The summed E-state index contributed by atoms with van der Waals surface area (Å²) in [6, 6.07) is 7.86. The van der Waals surface area contributed by atoms with Gasteiger partial charge in [-0.3, -0.25) is 9.69 Å². The van der Waals surface area contributed by atoms with E-state index >= 15 is 0 Å². The Kier molecular flexibility index (Phi) is 4.05. The molecule has 1 aliphatic rings. The minimum absolute atomic E-state index is 0.0255. The molecule has 5 heterocycles. The van der Waals surface area contributed by atoms with Gasteiger partial charge in [-0.25, -0.2) is 15.0 Å². The van der Waals surface area contributed by atoms with Gasteiger partial charge in [0.15, 0.2) is 0 Å². The highest BCUT2D eigenvalue weighted by molar-refractivity contribution is 6.03. The first-order chi connectivity index (χ1) is 13.7. The van der Waals surface area contributed by atoms with E-state index in [1.807, 2.05) is 46.7 Å². The number of amides is 1. The van der Waals surface area contributed by atoms with Crippen LogP contribution in [0, 0.1) is 6.92 Å². The third-order valence-electron chi connectivity index (χ3n) is 5.19. The molecule has 0 radical (unpaired) electrons. The largest absolute Gasteiger partial charge is 0.346 e. The van der Waals surface area contributed by atoms with Crippen LogP contribution in [-0.2, 0) is 6.54 Å². The molecule has 0 aromatic carbocycles. The highest BCUT2D eigenvalue weighted by Gasteiger charge is 2.25. The van der Waals surface area contributed by atoms with Crippen LogP contribution >= 0.6 is 0 Å². The molecule has 1 saturated heterocycles. The Bertz CT molecular complexity index is 1120. The standard InChI is InChI=1S/C20H21N7O/c1-14-22-18(16-5-6-21-19(16)23-14)20(28)26-10-8-25(9-11-26)12-15-13-27-7-3-2-4-17(27)24-15/h2-7,13H,8-12H2,1H3,(H,21,22,23). The van der Waals surface area contributed by atoms with Crippen LogP contribution in [0.5, 0.6) is 0 Å². The molecule has 4 aromatic heterocycles. The van der Waals surface area contributed by atoms with Gasteiger partial charge < -0.3 is 14.3 Å². The highest BCUT2D eigenvalue weighted by Crippen LogP contribution is 2.18. The number of fused-ring (bicyclic) bond motifs is 2. The van der Waals surface area contributed by atoms with E-state index in [0.29, 0.717) is 30.3 Å². The van der Waals surface area contributed by atoms with Gasteiger partial charge in [-0.05, 0) is 25.1 Å². The van der Waals surface area contributed by atoms with Crippen molar-refractivity contribution in [2.45, 2.75) is 13.5 Å². The average Bonchev–Trinajstić information content (AvgIpc) is 3.33. The van der Waals surface area contributed by atoms with Crippen LogP contribution in [0.2, 0.25) is 0 Å². The van der Waals surface area contributed by atoms with Crippen molar-refractivity contribution in [3.05, 3.63) is 60.1 Å². The number of piperazine rings is 1. The van der Waals surface area contributed by atoms with Crippen molar-refractivity contribution in [1.82, 2.24) is 34.1 Å². The maximum atomic E-state index is 13.0. The quantitative estimate of drug-likeness (QED) is 0.591. The third-order valence-corrected chi connectivity index (χ3v) is 5.19. The number of H-pyrrole nitrogens is 1. The van der Waals surface area contributed by atoms with E-state index < -0.39 is 0 Å². The van der Waals surface area contributed by atoms with Crippen molar-refractivity contribution in [1.29, 1.82) is 0 Å². The van der Waals surface area contributed by atoms with Gasteiger partial charge in [-0.15, -0.1) is 0 Å². The smallest absolute Gasteiger partial charge is 0.273 e. The second kappa shape index (κ2) is 6.72. The Hall–Kier alpha value is -3.26. The van der Waals surface area contributed by atoms with Crippen LogP contribution in [-0.4, -0.2) is 66.2 Å². The number of aromatic amines is 1. The molecule has 0 spiro atoms. The van der Waals surface area contributed by atoms with Crippen molar-refractivity contribution in [3.63, 3.8) is 0 Å². The first-order valence-corrected chi connectivity index (χ1v) is 9.43. The summed E-state index contributed by atoms with van der Waals surface area (Å²) < 4.78 is 2.04. The number of hydrogen-bond acceptors (Lipinski definition) is 5. The summed E-state index contributed by atoms with van der Waals surface area (Å²) in [6.07, 6.45) is 5.87. The lowest BCUT2D eigenvalue weighted by Gasteiger charge is -2.34. The molecular weight excluding hydrogens is 354 g/mol. The Morgan fingerprint density at radius 3 is 2.79 bits per heavy atom. The maximum Gasteiger partial charge on any atom is 0.273 e. The van der Waals surface area contributed by atoms with Gasteiger partial charge in [-0.2, -0.15) is 0 Å². The minimum Gasteiger partial charge on any atom is -0.346 e. The molecule has 0 unspecified atom stereocenters. The van der Waals surface area contributed by atoms with Crippen LogP contribution in [0.15, 0.2) is 42.9 Å². The molecule has 1 aliphatic heterocycles. The first-order valence-electron chi connectivity index (χ1n) is 9.43. The van der Waals surface area contributed by atoms with Gasteiger partial charge in [0.2, 0.25) is 0 Å². The summed E-state index contributed by atoms with van der Waals surface area (Å²) in [7, 11) is 0. The summed E-state index contributed by atoms with van der Waals surface area (Å²) in [4.78, 5) is 33.7. The van der Waals surface area contributed by atoms with Crippen LogP contribution < -0.4 is 0 Å². The zero-order valence-corrected chi connectivity index (χ0v) is 15.7. The molecule has 1 fully saturated rings. The molecule has 28 heavy (non-hydrogen) atoms. The Labute approximate surface area is 161 Å². The fourth-order valence-corrected chi connectivity index (χ4v) is 3.77. The monoisotopic (exact) mass is 375 g/mol. The summed E-state index contributed by atoms with van der Waals surface area (Å²) in [5, 5.41) is 0.780. The minimum atomic E-state index is -0.0255. The lowest BCUT2D eigenvalue weighted by molar-refractivity contribution is 0.0623. The van der Waals surface area contributed by atoms with E-state index in [-0.39, 0.29) is 5.91 Å². The van der Waals surface area contributed by atoms with Gasteiger partial charge in [0.25, 0.3) is 5.91 Å². The van der Waals surface area contributed by atoms with Gasteiger partial charge in [0.1, 0.15) is 22.8 Å². The molecule has 0 atom stereocenters. The molecule has 5 rings (SSSR count). The number of pyridine rings is 1. The zero-order valence-electron chi connectivity index (χ0n) is 15.7. The van der Waals surface area contributed by atoms with E-state index in [1.54, 1.807) is 6.20 Å². The summed E-state index contributed by atoms with van der Waals surface area (Å²) in [6.45, 7) is 5.60. The second-order valence-electron chi connectivity index (χ2n) is 7.13. The van der Waals surface area contributed by atoms with Gasteiger partial charge in [0, 0.05) is 51.3 Å². The Morgan fingerprint density at radius 2 is 1.96 bits per heavy atom. The van der Waals surface area contributed by atoms with Gasteiger partial charge in [0.05, 0.1) is 11.1 Å². The summed E-state index contributed by atoms with van der Waals surface area (Å²) >= 11 is 0. The Morgan fingerprint density at radius 1 is 1.11 bits per heavy atom. The number of nitrogens with one attached hydrogen (secondary N) is 1. The number of imidazole rings is 1. The number of hydrogen-bond donors (Lipinski definition) is 1. The predicted molar refractivity (Wildman–Crippen MR) is 105 cm³/mol. The summed E-state index contributed by atoms with van der Waals surface area (Å²) in [5.41, 5.74) is 3.20. The fourth-order valence-electron chi connectivity index (χ4n) is 3.77. The lowest BCUT2D eigenvalue weighted by atomic mass is 10.2. The predicted octanol–water partition coefficient (Wildman–Crippen LogP) is 1.87.